The van der Waals surface area contributed by atoms with Crippen LogP contribution in [-0.2, 0) is 4.79 Å². The number of anilines is 1. The van der Waals surface area contributed by atoms with Gasteiger partial charge in [0.2, 0.25) is 0 Å². The van der Waals surface area contributed by atoms with Crippen LogP contribution in [0, 0.1) is 13.8 Å². The summed E-state index contributed by atoms with van der Waals surface area (Å²) >= 11 is 5.30. The maximum atomic E-state index is 12.6. The predicted molar refractivity (Wildman–Crippen MR) is 85.8 cm³/mol. The van der Waals surface area contributed by atoms with Crippen LogP contribution in [0.1, 0.15) is 16.9 Å². The molecule has 0 aliphatic carbocycles. The third-order valence-corrected chi connectivity index (χ3v) is 3.81. The van der Waals surface area contributed by atoms with Gasteiger partial charge in [-0.3, -0.25) is 9.69 Å². The van der Waals surface area contributed by atoms with E-state index in [0.29, 0.717) is 16.6 Å². The SMILES string of the molecule is Cc1cccc(N2C(=O)/C(=C/c3ccco3)NC2=S)c1C. The highest BCUT2D eigenvalue weighted by atomic mass is 32.1. The van der Waals surface area contributed by atoms with E-state index in [1.165, 1.54) is 4.90 Å². The summed E-state index contributed by atoms with van der Waals surface area (Å²) in [4.78, 5) is 14.1. The second kappa shape index (κ2) is 5.18. The summed E-state index contributed by atoms with van der Waals surface area (Å²) in [6.45, 7) is 3.99. The lowest BCUT2D eigenvalue weighted by molar-refractivity contribution is -0.113. The van der Waals surface area contributed by atoms with Crippen LogP contribution in [0.5, 0.6) is 0 Å². The molecule has 5 heteroatoms. The summed E-state index contributed by atoms with van der Waals surface area (Å²) in [6.07, 6.45) is 3.21. The Balaban J connectivity index is 2.00. The number of nitrogens with zero attached hydrogens (tertiary/aromatic N) is 1. The van der Waals surface area contributed by atoms with Crippen molar-refractivity contribution in [1.82, 2.24) is 5.32 Å². The van der Waals surface area contributed by atoms with Crippen molar-refractivity contribution < 1.29 is 9.21 Å². The van der Waals surface area contributed by atoms with E-state index < -0.39 is 0 Å². The molecule has 1 aromatic carbocycles. The first-order valence-electron chi connectivity index (χ1n) is 6.55. The number of aryl methyl sites for hydroxylation is 1. The van der Waals surface area contributed by atoms with Crippen LogP contribution in [0.15, 0.2) is 46.7 Å². The van der Waals surface area contributed by atoms with Gasteiger partial charge in [-0.2, -0.15) is 0 Å². The molecule has 106 valence electrons. The molecule has 1 aliphatic rings. The van der Waals surface area contributed by atoms with E-state index in [1.54, 1.807) is 24.5 Å². The fraction of sp³-hybridized carbons (Fsp3) is 0.125. The van der Waals surface area contributed by atoms with Crippen LogP contribution < -0.4 is 10.2 Å². The first kappa shape index (κ1) is 13.6. The van der Waals surface area contributed by atoms with Gasteiger partial charge in [-0.05, 0) is 55.4 Å². The Labute approximate surface area is 128 Å². The van der Waals surface area contributed by atoms with Crippen LogP contribution >= 0.6 is 12.2 Å². The predicted octanol–water partition coefficient (Wildman–Crippen LogP) is 3.16. The largest absolute Gasteiger partial charge is 0.465 e. The molecule has 0 spiro atoms. The van der Waals surface area contributed by atoms with E-state index in [1.807, 2.05) is 32.0 Å². The fourth-order valence-electron chi connectivity index (χ4n) is 2.25. The molecule has 1 amide bonds. The first-order valence-corrected chi connectivity index (χ1v) is 6.95. The van der Waals surface area contributed by atoms with Gasteiger partial charge < -0.3 is 9.73 Å². The Morgan fingerprint density at radius 1 is 1.24 bits per heavy atom. The third-order valence-electron chi connectivity index (χ3n) is 3.52. The third kappa shape index (κ3) is 2.36. The van der Waals surface area contributed by atoms with E-state index in [-0.39, 0.29) is 5.91 Å². The van der Waals surface area contributed by atoms with Crippen molar-refractivity contribution in [3.63, 3.8) is 0 Å². The summed E-state index contributed by atoms with van der Waals surface area (Å²) in [5.74, 6) is 0.432. The number of thiocarbonyl (C=S) groups is 1. The Morgan fingerprint density at radius 3 is 2.76 bits per heavy atom. The lowest BCUT2D eigenvalue weighted by Crippen LogP contribution is -2.31. The van der Waals surface area contributed by atoms with Crippen molar-refractivity contribution in [2.75, 3.05) is 4.90 Å². The molecule has 21 heavy (non-hydrogen) atoms. The summed E-state index contributed by atoms with van der Waals surface area (Å²) in [7, 11) is 0. The van der Waals surface area contributed by atoms with Gasteiger partial charge in [-0.15, -0.1) is 0 Å². The van der Waals surface area contributed by atoms with Crippen molar-refractivity contribution >= 4 is 35.0 Å². The minimum atomic E-state index is -0.176. The van der Waals surface area contributed by atoms with Crippen molar-refractivity contribution in [2.45, 2.75) is 13.8 Å². The monoisotopic (exact) mass is 298 g/mol. The quantitative estimate of drug-likeness (QED) is 0.683. The van der Waals surface area contributed by atoms with E-state index in [0.717, 1.165) is 16.8 Å². The normalized spacial score (nSPS) is 16.7. The van der Waals surface area contributed by atoms with Gasteiger partial charge >= 0.3 is 0 Å². The van der Waals surface area contributed by atoms with E-state index in [4.69, 9.17) is 16.6 Å². The average Bonchev–Trinajstić information content (AvgIpc) is 3.04. The Kier molecular flexibility index (Phi) is 3.35. The molecule has 0 bridgehead atoms. The molecular formula is C16H14N2O2S. The van der Waals surface area contributed by atoms with Gasteiger partial charge in [-0.25, -0.2) is 0 Å². The maximum absolute atomic E-state index is 12.6. The van der Waals surface area contributed by atoms with Crippen LogP contribution in [0.2, 0.25) is 0 Å². The van der Waals surface area contributed by atoms with Crippen molar-refractivity contribution in [3.05, 3.63) is 59.2 Å². The van der Waals surface area contributed by atoms with Crippen molar-refractivity contribution in [1.29, 1.82) is 0 Å². The molecule has 1 aromatic heterocycles. The molecule has 1 fully saturated rings. The summed E-state index contributed by atoms with van der Waals surface area (Å²) in [5, 5.41) is 3.33. The number of amides is 1. The van der Waals surface area contributed by atoms with Crippen LogP contribution in [0.25, 0.3) is 6.08 Å². The summed E-state index contributed by atoms with van der Waals surface area (Å²) in [6, 6.07) is 9.37. The zero-order valence-corrected chi connectivity index (χ0v) is 12.5. The smallest absolute Gasteiger partial charge is 0.281 e. The molecule has 2 heterocycles. The maximum Gasteiger partial charge on any atom is 0.281 e. The van der Waals surface area contributed by atoms with Crippen LogP contribution in [0.4, 0.5) is 5.69 Å². The molecule has 3 rings (SSSR count). The highest BCUT2D eigenvalue weighted by molar-refractivity contribution is 7.80. The Morgan fingerprint density at radius 2 is 2.05 bits per heavy atom. The van der Waals surface area contributed by atoms with E-state index in [2.05, 4.69) is 5.32 Å². The van der Waals surface area contributed by atoms with Gasteiger partial charge in [0.25, 0.3) is 5.91 Å². The molecule has 1 saturated heterocycles. The lowest BCUT2D eigenvalue weighted by Gasteiger charge is -2.17. The summed E-state index contributed by atoms with van der Waals surface area (Å²) < 4.78 is 5.23. The zero-order chi connectivity index (χ0) is 15.0. The minimum absolute atomic E-state index is 0.176. The fourth-order valence-corrected chi connectivity index (χ4v) is 2.54. The van der Waals surface area contributed by atoms with Gasteiger partial charge in [0.05, 0.1) is 12.0 Å². The topological polar surface area (TPSA) is 45.5 Å². The number of furan rings is 1. The van der Waals surface area contributed by atoms with Gasteiger partial charge in [-0.1, -0.05) is 12.1 Å². The second-order valence-corrected chi connectivity index (χ2v) is 5.25. The van der Waals surface area contributed by atoms with E-state index >= 15 is 0 Å². The second-order valence-electron chi connectivity index (χ2n) is 4.86. The molecular weight excluding hydrogens is 284 g/mol. The van der Waals surface area contributed by atoms with Crippen LogP contribution in [-0.4, -0.2) is 11.0 Å². The molecule has 4 nitrogen and oxygen atoms in total. The number of carbonyl (C=O) groups is 1. The first-order chi connectivity index (χ1) is 10.1. The molecule has 2 aromatic rings. The number of nitrogens with one attached hydrogen (secondary N) is 1. The number of carbonyl (C=O) groups excluding carboxylic acids is 1. The number of rotatable bonds is 2. The Hall–Kier alpha value is -2.40. The molecule has 1 N–H and O–H groups in total. The number of hydrogen-bond donors (Lipinski definition) is 1. The van der Waals surface area contributed by atoms with Gasteiger partial charge in [0, 0.05) is 6.08 Å². The standard InChI is InChI=1S/C16H14N2O2S/c1-10-5-3-7-14(11(10)2)18-15(19)13(17-16(18)21)9-12-6-4-8-20-12/h3-9H,1-2H3,(H,17,21)/b13-9-. The van der Waals surface area contributed by atoms with Gasteiger partial charge in [0.1, 0.15) is 11.5 Å². The molecule has 1 aliphatic heterocycles. The average molecular weight is 298 g/mol. The van der Waals surface area contributed by atoms with Crippen molar-refractivity contribution in [3.8, 4) is 0 Å². The minimum Gasteiger partial charge on any atom is -0.465 e. The highest BCUT2D eigenvalue weighted by Crippen LogP contribution is 2.27. The highest BCUT2D eigenvalue weighted by Gasteiger charge is 2.33. The number of benzene rings is 1. The molecule has 0 saturated carbocycles. The number of hydrogen-bond acceptors (Lipinski definition) is 3. The van der Waals surface area contributed by atoms with Crippen LogP contribution in [0.3, 0.4) is 0 Å². The molecule has 0 unspecified atom stereocenters. The lowest BCUT2D eigenvalue weighted by atomic mass is 10.1. The zero-order valence-electron chi connectivity index (χ0n) is 11.7. The summed E-state index contributed by atoms with van der Waals surface area (Å²) in [5.41, 5.74) is 3.37. The Bertz CT molecular complexity index is 748. The van der Waals surface area contributed by atoms with Crippen molar-refractivity contribution in [2.24, 2.45) is 0 Å². The molecule has 0 radical (unpaired) electrons. The van der Waals surface area contributed by atoms with E-state index in [9.17, 15) is 4.79 Å². The van der Waals surface area contributed by atoms with Gasteiger partial charge in [0.15, 0.2) is 5.11 Å². The molecule has 0 atom stereocenters.